The molecule has 29 heavy (non-hydrogen) atoms. The second-order valence-corrected chi connectivity index (χ2v) is 6.39. The number of benzene rings is 1. The second-order valence-electron chi connectivity index (χ2n) is 6.39. The van der Waals surface area contributed by atoms with Crippen molar-refractivity contribution in [2.24, 2.45) is 0 Å². The average molecular weight is 387 g/mol. The van der Waals surface area contributed by atoms with Crippen LogP contribution < -0.4 is 5.73 Å². The molecule has 0 spiro atoms. The number of aromatic nitrogens is 5. The number of amides is 1. The van der Waals surface area contributed by atoms with Gasteiger partial charge in [0.25, 0.3) is 17.7 Å². The fourth-order valence-electron chi connectivity index (χ4n) is 2.65. The number of carbonyl (C=O) groups is 1. The van der Waals surface area contributed by atoms with Gasteiger partial charge < -0.3 is 15.1 Å². The molecule has 3 heterocycles. The molecule has 144 valence electrons. The zero-order valence-electron chi connectivity index (χ0n) is 15.8. The van der Waals surface area contributed by atoms with Gasteiger partial charge in [0.15, 0.2) is 11.5 Å². The summed E-state index contributed by atoms with van der Waals surface area (Å²) in [6.07, 6.45) is 3.19. The molecule has 0 aliphatic carbocycles. The summed E-state index contributed by atoms with van der Waals surface area (Å²) < 4.78 is 5.69. The molecule has 9 heteroatoms. The van der Waals surface area contributed by atoms with Gasteiger partial charge in [-0.15, -0.1) is 10.2 Å². The lowest BCUT2D eigenvalue weighted by Gasteiger charge is -2.10. The van der Waals surface area contributed by atoms with Gasteiger partial charge in [0, 0.05) is 31.4 Å². The molecule has 0 saturated heterocycles. The Labute approximate surface area is 166 Å². The number of hydrogen-bond donors (Lipinski definition) is 1. The molecule has 1 aromatic carbocycles. The maximum Gasteiger partial charge on any atom is 0.270 e. The van der Waals surface area contributed by atoms with E-state index in [0.29, 0.717) is 17.0 Å². The van der Waals surface area contributed by atoms with E-state index in [1.54, 1.807) is 62.9 Å². The minimum Gasteiger partial charge on any atom is -0.413 e. The Kier molecular flexibility index (Phi) is 4.70. The minimum atomic E-state index is -0.0754. The first kappa shape index (κ1) is 18.2. The first-order valence-corrected chi connectivity index (χ1v) is 8.73. The van der Waals surface area contributed by atoms with Crippen LogP contribution in [0.2, 0.25) is 0 Å². The van der Waals surface area contributed by atoms with E-state index in [2.05, 4.69) is 25.1 Å². The highest BCUT2D eigenvalue weighted by Crippen LogP contribution is 2.27. The normalized spacial score (nSPS) is 10.7. The van der Waals surface area contributed by atoms with Crippen LogP contribution in [0.4, 0.5) is 5.82 Å². The van der Waals surface area contributed by atoms with E-state index < -0.39 is 0 Å². The van der Waals surface area contributed by atoms with Crippen molar-refractivity contribution < 1.29 is 9.21 Å². The molecule has 0 aliphatic heterocycles. The van der Waals surface area contributed by atoms with Gasteiger partial charge >= 0.3 is 0 Å². The van der Waals surface area contributed by atoms with Crippen LogP contribution in [0.3, 0.4) is 0 Å². The van der Waals surface area contributed by atoms with Crippen LogP contribution in [-0.2, 0) is 0 Å². The van der Waals surface area contributed by atoms with E-state index in [4.69, 9.17) is 10.2 Å². The number of carbonyl (C=O) groups excluding carboxylic acids is 1. The van der Waals surface area contributed by atoms with Crippen LogP contribution in [0.15, 0.2) is 59.3 Å². The summed E-state index contributed by atoms with van der Waals surface area (Å²) in [6, 6.07) is 12.5. The third-order valence-corrected chi connectivity index (χ3v) is 4.15. The number of nitrogens with two attached hydrogens (primary N) is 1. The quantitative estimate of drug-likeness (QED) is 0.566. The SMILES string of the molecule is CN(C)C(=O)c1ccc(-c2cnc(N)c(-c3nnc(-c4ccccn4)o3)n2)cc1. The largest absolute Gasteiger partial charge is 0.413 e. The summed E-state index contributed by atoms with van der Waals surface area (Å²) in [6.45, 7) is 0. The summed E-state index contributed by atoms with van der Waals surface area (Å²) in [4.78, 5) is 26.5. The lowest BCUT2D eigenvalue weighted by atomic mass is 10.1. The van der Waals surface area contributed by atoms with E-state index in [1.807, 2.05) is 6.07 Å². The van der Waals surface area contributed by atoms with Crippen LogP contribution in [0.5, 0.6) is 0 Å². The average Bonchev–Trinajstić information content (AvgIpc) is 3.24. The highest BCUT2D eigenvalue weighted by molar-refractivity contribution is 5.94. The van der Waals surface area contributed by atoms with Crippen molar-refractivity contribution in [3.63, 3.8) is 0 Å². The summed E-state index contributed by atoms with van der Waals surface area (Å²) >= 11 is 0. The summed E-state index contributed by atoms with van der Waals surface area (Å²) in [5.74, 6) is 0.508. The zero-order chi connectivity index (χ0) is 20.4. The first-order valence-electron chi connectivity index (χ1n) is 8.73. The lowest BCUT2D eigenvalue weighted by molar-refractivity contribution is 0.0827. The van der Waals surface area contributed by atoms with Gasteiger partial charge in [-0.3, -0.25) is 9.78 Å². The Morgan fingerprint density at radius 2 is 1.72 bits per heavy atom. The minimum absolute atomic E-state index is 0.0754. The maximum atomic E-state index is 12.0. The highest BCUT2D eigenvalue weighted by atomic mass is 16.4. The van der Waals surface area contributed by atoms with Gasteiger partial charge in [-0.2, -0.15) is 0 Å². The first-order chi connectivity index (χ1) is 14.0. The smallest absolute Gasteiger partial charge is 0.270 e. The topological polar surface area (TPSA) is 124 Å². The van der Waals surface area contributed by atoms with Crippen LogP contribution in [0.25, 0.3) is 34.4 Å². The Morgan fingerprint density at radius 1 is 0.966 bits per heavy atom. The molecule has 1 amide bonds. The molecule has 0 fully saturated rings. The Morgan fingerprint density at radius 3 is 2.41 bits per heavy atom. The molecule has 0 atom stereocenters. The van der Waals surface area contributed by atoms with Crippen LogP contribution in [-0.4, -0.2) is 50.1 Å². The van der Waals surface area contributed by atoms with Crippen molar-refractivity contribution in [3.8, 4) is 34.4 Å². The van der Waals surface area contributed by atoms with Gasteiger partial charge in [0.05, 0.1) is 11.9 Å². The molecule has 0 aliphatic rings. The molecule has 0 radical (unpaired) electrons. The summed E-state index contributed by atoms with van der Waals surface area (Å²) in [5.41, 5.74) is 8.74. The predicted molar refractivity (Wildman–Crippen MR) is 106 cm³/mol. The van der Waals surface area contributed by atoms with Crippen molar-refractivity contribution in [2.75, 3.05) is 19.8 Å². The third-order valence-electron chi connectivity index (χ3n) is 4.15. The molecule has 0 saturated carbocycles. The molecule has 0 unspecified atom stereocenters. The van der Waals surface area contributed by atoms with E-state index in [1.165, 1.54) is 4.90 Å². The van der Waals surface area contributed by atoms with Crippen LogP contribution in [0.1, 0.15) is 10.4 Å². The third kappa shape index (κ3) is 3.65. The maximum absolute atomic E-state index is 12.0. The second kappa shape index (κ2) is 7.47. The number of hydrogen-bond acceptors (Lipinski definition) is 8. The van der Waals surface area contributed by atoms with Gasteiger partial charge in [0.1, 0.15) is 5.69 Å². The Balaban J connectivity index is 1.67. The Hall–Kier alpha value is -4.14. The van der Waals surface area contributed by atoms with Crippen LogP contribution >= 0.6 is 0 Å². The van der Waals surface area contributed by atoms with Crippen molar-refractivity contribution >= 4 is 11.7 Å². The van der Waals surface area contributed by atoms with Crippen molar-refractivity contribution in [2.45, 2.75) is 0 Å². The van der Waals surface area contributed by atoms with Gasteiger partial charge in [-0.05, 0) is 24.3 Å². The fourth-order valence-corrected chi connectivity index (χ4v) is 2.65. The van der Waals surface area contributed by atoms with E-state index >= 15 is 0 Å². The molecule has 4 rings (SSSR count). The number of pyridine rings is 1. The zero-order valence-corrected chi connectivity index (χ0v) is 15.8. The number of nitrogens with zero attached hydrogens (tertiary/aromatic N) is 6. The molecular weight excluding hydrogens is 370 g/mol. The molecule has 9 nitrogen and oxygen atoms in total. The molecule has 2 N–H and O–H groups in total. The van der Waals surface area contributed by atoms with Crippen molar-refractivity contribution in [1.29, 1.82) is 0 Å². The molecular formula is C20H17N7O2. The van der Waals surface area contributed by atoms with Crippen molar-refractivity contribution in [1.82, 2.24) is 30.0 Å². The van der Waals surface area contributed by atoms with Gasteiger partial charge in [-0.1, -0.05) is 18.2 Å². The van der Waals surface area contributed by atoms with E-state index in [9.17, 15) is 4.79 Å². The molecule has 3 aromatic heterocycles. The predicted octanol–water partition coefficient (Wildman–Crippen LogP) is 2.54. The van der Waals surface area contributed by atoms with E-state index in [-0.39, 0.29) is 29.2 Å². The summed E-state index contributed by atoms with van der Waals surface area (Å²) in [7, 11) is 3.41. The number of nitrogen functional groups attached to an aromatic ring is 1. The monoisotopic (exact) mass is 387 g/mol. The number of anilines is 1. The Bertz CT molecular complexity index is 1160. The van der Waals surface area contributed by atoms with Gasteiger partial charge in [-0.25, -0.2) is 9.97 Å². The highest BCUT2D eigenvalue weighted by Gasteiger charge is 2.17. The standard InChI is InChI=1S/C20H17N7O2/c1-27(2)20(28)13-8-6-12(7-9-13)15-11-23-17(21)16(24-15)19-26-25-18(29-19)14-5-3-4-10-22-14/h3-11H,1-2H3,(H2,21,23). The van der Waals surface area contributed by atoms with Crippen LogP contribution in [0, 0.1) is 0 Å². The summed E-state index contributed by atoms with van der Waals surface area (Å²) in [5, 5.41) is 8.04. The molecule has 4 aromatic rings. The van der Waals surface area contributed by atoms with Crippen molar-refractivity contribution in [3.05, 3.63) is 60.4 Å². The number of rotatable bonds is 4. The molecule has 0 bridgehead atoms. The lowest BCUT2D eigenvalue weighted by Crippen LogP contribution is -2.21. The fraction of sp³-hybridized carbons (Fsp3) is 0.100. The van der Waals surface area contributed by atoms with Gasteiger partial charge in [0.2, 0.25) is 0 Å². The van der Waals surface area contributed by atoms with E-state index in [0.717, 1.165) is 5.56 Å².